The maximum Gasteiger partial charge on any atom is 0.158 e. The number of nitrogens with one attached hydrogen (secondary N) is 1. The van der Waals surface area contributed by atoms with Gasteiger partial charge in [0.15, 0.2) is 15.7 Å². The summed E-state index contributed by atoms with van der Waals surface area (Å²) in [7, 11) is 0.747. The molecule has 0 saturated carbocycles. The Balaban J connectivity index is 2.21. The second kappa shape index (κ2) is 6.57. The van der Waals surface area contributed by atoms with Crippen molar-refractivity contribution in [3.05, 3.63) is 11.9 Å². The standard InChI is InChI=1S/C13H22N4O3S/c1-4-20-8-12-15-11(14-2)7-13(16-12)17(3)10-5-6-21(18,19)9-10/h7,10H,4-6,8-9H2,1-3H3,(H,14,15,16). The third-order valence-electron chi connectivity index (χ3n) is 3.57. The van der Waals surface area contributed by atoms with Crippen LogP contribution in [0.2, 0.25) is 0 Å². The monoisotopic (exact) mass is 314 g/mol. The fraction of sp³-hybridized carbons (Fsp3) is 0.692. The second-order valence-electron chi connectivity index (χ2n) is 5.08. The Labute approximate surface area is 125 Å². The number of ether oxygens (including phenoxy) is 1. The Morgan fingerprint density at radius 2 is 2.24 bits per heavy atom. The summed E-state index contributed by atoms with van der Waals surface area (Å²) in [6, 6.07) is 1.79. The highest BCUT2D eigenvalue weighted by atomic mass is 32.2. The van der Waals surface area contributed by atoms with Gasteiger partial charge in [-0.05, 0) is 13.3 Å². The van der Waals surface area contributed by atoms with Crippen LogP contribution < -0.4 is 10.2 Å². The summed E-state index contributed by atoms with van der Waals surface area (Å²) < 4.78 is 28.6. The number of anilines is 2. The quantitative estimate of drug-likeness (QED) is 0.826. The minimum absolute atomic E-state index is 0.0328. The lowest BCUT2D eigenvalue weighted by Crippen LogP contribution is -2.33. The van der Waals surface area contributed by atoms with E-state index in [4.69, 9.17) is 4.74 Å². The molecule has 0 aromatic carbocycles. The summed E-state index contributed by atoms with van der Waals surface area (Å²) in [5.41, 5.74) is 0. The Hall–Kier alpha value is -1.41. The number of hydrogen-bond acceptors (Lipinski definition) is 7. The van der Waals surface area contributed by atoms with E-state index < -0.39 is 9.84 Å². The van der Waals surface area contributed by atoms with Crippen molar-refractivity contribution in [1.82, 2.24) is 9.97 Å². The lowest BCUT2D eigenvalue weighted by atomic mass is 10.2. The molecule has 2 heterocycles. The third-order valence-corrected chi connectivity index (χ3v) is 5.32. The van der Waals surface area contributed by atoms with Crippen molar-refractivity contribution in [2.24, 2.45) is 0 Å². The first kappa shape index (κ1) is 16.0. The molecule has 1 aliphatic rings. The van der Waals surface area contributed by atoms with Gasteiger partial charge in [0.1, 0.15) is 18.2 Å². The zero-order valence-corrected chi connectivity index (χ0v) is 13.5. The predicted octanol–water partition coefficient (Wildman–Crippen LogP) is 0.678. The van der Waals surface area contributed by atoms with Crippen LogP contribution >= 0.6 is 0 Å². The fourth-order valence-electron chi connectivity index (χ4n) is 2.32. The molecule has 2 rings (SSSR count). The van der Waals surface area contributed by atoms with Crippen molar-refractivity contribution < 1.29 is 13.2 Å². The summed E-state index contributed by atoms with van der Waals surface area (Å²) in [6.45, 7) is 2.85. The summed E-state index contributed by atoms with van der Waals surface area (Å²) in [5.74, 6) is 2.43. The van der Waals surface area contributed by atoms with Crippen LogP contribution in [0.1, 0.15) is 19.2 Å². The average molecular weight is 314 g/mol. The molecular weight excluding hydrogens is 292 g/mol. The van der Waals surface area contributed by atoms with Gasteiger partial charge < -0.3 is 15.0 Å². The maximum atomic E-state index is 11.6. The van der Waals surface area contributed by atoms with E-state index in [9.17, 15) is 8.42 Å². The van der Waals surface area contributed by atoms with Crippen molar-refractivity contribution in [3.63, 3.8) is 0 Å². The predicted molar refractivity (Wildman–Crippen MR) is 82.4 cm³/mol. The molecule has 0 bridgehead atoms. The van der Waals surface area contributed by atoms with Crippen LogP contribution in [-0.4, -0.2) is 56.6 Å². The van der Waals surface area contributed by atoms with Gasteiger partial charge in [0.2, 0.25) is 0 Å². The first-order valence-corrected chi connectivity index (χ1v) is 8.84. The molecule has 1 N–H and O–H groups in total. The molecule has 1 atom stereocenters. The molecule has 0 amide bonds. The van der Waals surface area contributed by atoms with Gasteiger partial charge in [-0.25, -0.2) is 18.4 Å². The van der Waals surface area contributed by atoms with Gasteiger partial charge in [0.05, 0.1) is 11.5 Å². The number of aromatic nitrogens is 2. The lowest BCUT2D eigenvalue weighted by Gasteiger charge is -2.25. The molecule has 1 saturated heterocycles. The molecule has 0 spiro atoms. The number of rotatable bonds is 6. The molecule has 118 valence electrons. The normalized spacial score (nSPS) is 20.4. The molecule has 0 aliphatic carbocycles. The van der Waals surface area contributed by atoms with Gasteiger partial charge in [0.25, 0.3) is 0 Å². The number of hydrogen-bond donors (Lipinski definition) is 1. The van der Waals surface area contributed by atoms with Crippen LogP contribution in [0.4, 0.5) is 11.6 Å². The van der Waals surface area contributed by atoms with E-state index in [0.717, 1.165) is 0 Å². The minimum atomic E-state index is -2.91. The Bertz CT molecular complexity index is 591. The first-order chi connectivity index (χ1) is 9.95. The van der Waals surface area contributed by atoms with Crippen LogP contribution in [-0.2, 0) is 21.2 Å². The van der Waals surface area contributed by atoms with E-state index in [2.05, 4.69) is 15.3 Å². The summed E-state index contributed by atoms with van der Waals surface area (Å²) in [5, 5.41) is 2.99. The lowest BCUT2D eigenvalue weighted by molar-refractivity contribution is 0.128. The summed E-state index contributed by atoms with van der Waals surface area (Å²) in [4.78, 5) is 10.7. The van der Waals surface area contributed by atoms with Gasteiger partial charge in [-0.1, -0.05) is 0 Å². The topological polar surface area (TPSA) is 84.4 Å². The molecule has 21 heavy (non-hydrogen) atoms. The van der Waals surface area contributed by atoms with Crippen molar-refractivity contribution in [2.75, 3.05) is 42.4 Å². The van der Waals surface area contributed by atoms with Crippen molar-refractivity contribution in [3.8, 4) is 0 Å². The van der Waals surface area contributed by atoms with Gasteiger partial charge in [-0.2, -0.15) is 0 Å². The second-order valence-corrected chi connectivity index (χ2v) is 7.31. The molecule has 7 nitrogen and oxygen atoms in total. The molecule has 8 heteroatoms. The molecule has 1 fully saturated rings. The summed E-state index contributed by atoms with van der Waals surface area (Å²) >= 11 is 0. The molecule has 1 aromatic rings. The minimum Gasteiger partial charge on any atom is -0.374 e. The fourth-order valence-corrected chi connectivity index (χ4v) is 4.09. The van der Waals surface area contributed by atoms with E-state index in [0.29, 0.717) is 37.1 Å². The molecule has 1 aliphatic heterocycles. The van der Waals surface area contributed by atoms with Crippen LogP contribution in [0.5, 0.6) is 0 Å². The highest BCUT2D eigenvalue weighted by Crippen LogP contribution is 2.23. The molecule has 1 aromatic heterocycles. The van der Waals surface area contributed by atoms with Gasteiger partial charge in [-0.3, -0.25) is 0 Å². The van der Waals surface area contributed by atoms with E-state index in [-0.39, 0.29) is 17.5 Å². The van der Waals surface area contributed by atoms with E-state index in [1.807, 2.05) is 24.9 Å². The van der Waals surface area contributed by atoms with Gasteiger partial charge in [0, 0.05) is 32.8 Å². The highest BCUT2D eigenvalue weighted by Gasteiger charge is 2.31. The maximum absolute atomic E-state index is 11.6. The van der Waals surface area contributed by atoms with E-state index in [1.54, 1.807) is 7.05 Å². The van der Waals surface area contributed by atoms with Gasteiger partial charge in [-0.15, -0.1) is 0 Å². The first-order valence-electron chi connectivity index (χ1n) is 7.02. The molecule has 0 radical (unpaired) electrons. The van der Waals surface area contributed by atoms with Crippen molar-refractivity contribution >= 4 is 21.5 Å². The highest BCUT2D eigenvalue weighted by molar-refractivity contribution is 7.91. The van der Waals surface area contributed by atoms with Crippen molar-refractivity contribution in [1.29, 1.82) is 0 Å². The SMILES string of the molecule is CCOCc1nc(NC)cc(N(C)C2CCS(=O)(=O)C2)n1. The average Bonchev–Trinajstić information content (AvgIpc) is 2.84. The van der Waals surface area contributed by atoms with Gasteiger partial charge >= 0.3 is 0 Å². The number of sulfone groups is 1. The Kier molecular flexibility index (Phi) is 5.00. The van der Waals surface area contributed by atoms with Crippen LogP contribution in [0, 0.1) is 0 Å². The number of nitrogens with zero attached hydrogens (tertiary/aromatic N) is 3. The Morgan fingerprint density at radius 1 is 1.48 bits per heavy atom. The molecule has 1 unspecified atom stereocenters. The van der Waals surface area contributed by atoms with Crippen LogP contribution in [0.15, 0.2) is 6.07 Å². The zero-order valence-electron chi connectivity index (χ0n) is 12.7. The third kappa shape index (κ3) is 4.04. The smallest absolute Gasteiger partial charge is 0.158 e. The van der Waals surface area contributed by atoms with Crippen LogP contribution in [0.25, 0.3) is 0 Å². The van der Waals surface area contributed by atoms with Crippen molar-refractivity contribution in [2.45, 2.75) is 26.0 Å². The van der Waals surface area contributed by atoms with E-state index in [1.165, 1.54) is 0 Å². The summed E-state index contributed by atoms with van der Waals surface area (Å²) in [6.07, 6.45) is 0.637. The molecular formula is C13H22N4O3S. The Morgan fingerprint density at radius 3 is 2.81 bits per heavy atom. The zero-order chi connectivity index (χ0) is 15.5. The van der Waals surface area contributed by atoms with Crippen LogP contribution in [0.3, 0.4) is 0 Å². The largest absolute Gasteiger partial charge is 0.374 e. The van der Waals surface area contributed by atoms with E-state index >= 15 is 0 Å².